The highest BCUT2D eigenvalue weighted by Crippen LogP contribution is 2.20. The molecule has 26 heavy (non-hydrogen) atoms. The molecule has 1 unspecified atom stereocenters. The minimum atomic E-state index is 0.397. The van der Waals surface area contributed by atoms with Gasteiger partial charge in [-0.2, -0.15) is 5.10 Å². The number of hydrogen-bond donors (Lipinski definition) is 2. The Kier molecular flexibility index (Phi) is 5.69. The number of hydrogen-bond acceptors (Lipinski definition) is 2. The van der Waals surface area contributed by atoms with Crippen LogP contribution in [0.15, 0.2) is 72.0 Å². The molecule has 1 aromatic heterocycles. The van der Waals surface area contributed by atoms with Crippen LogP contribution in [0.25, 0.3) is 5.69 Å². The summed E-state index contributed by atoms with van der Waals surface area (Å²) in [6, 6.07) is 18.3. The Morgan fingerprint density at radius 3 is 2.58 bits per heavy atom. The van der Waals surface area contributed by atoms with E-state index in [-0.39, 0.29) is 0 Å². The van der Waals surface area contributed by atoms with Crippen LogP contribution in [0, 0.1) is 0 Å². The van der Waals surface area contributed by atoms with E-state index in [0.717, 1.165) is 23.4 Å². The maximum absolute atomic E-state index is 6.01. The molecule has 0 bridgehead atoms. The standard InChI is InChI=1S/C21H25N5/c1-3-16(2)18-9-11-19(12-10-18)25-21(22)23-13-17-14-24-26(15-17)20-7-5-4-6-8-20/h4-12,14-16H,3,13H2,1-2H3,(H3,22,23,25). The number of benzene rings is 2. The molecule has 0 amide bonds. The lowest BCUT2D eigenvalue weighted by Crippen LogP contribution is -2.22. The third kappa shape index (κ3) is 4.51. The molecule has 2 aromatic carbocycles. The van der Waals surface area contributed by atoms with Crippen LogP contribution in [0.1, 0.15) is 37.3 Å². The average Bonchev–Trinajstić information content (AvgIpc) is 3.16. The number of nitrogens with two attached hydrogens (primary N) is 1. The van der Waals surface area contributed by atoms with Crippen molar-refractivity contribution in [1.29, 1.82) is 0 Å². The van der Waals surface area contributed by atoms with Crippen LogP contribution in [0.5, 0.6) is 0 Å². The summed E-state index contributed by atoms with van der Waals surface area (Å²) in [5.41, 5.74) is 10.3. The average molecular weight is 347 g/mol. The predicted octanol–water partition coefficient (Wildman–Crippen LogP) is 4.31. The molecule has 3 aromatic rings. The molecule has 5 heteroatoms. The Balaban J connectivity index is 1.59. The van der Waals surface area contributed by atoms with E-state index in [1.807, 2.05) is 59.5 Å². The number of aromatic nitrogens is 2. The van der Waals surface area contributed by atoms with Gasteiger partial charge in [-0.05, 0) is 42.2 Å². The van der Waals surface area contributed by atoms with Gasteiger partial charge in [-0.25, -0.2) is 9.67 Å². The van der Waals surface area contributed by atoms with Crippen molar-refractivity contribution in [2.24, 2.45) is 10.7 Å². The Morgan fingerprint density at radius 2 is 1.88 bits per heavy atom. The zero-order chi connectivity index (χ0) is 18.4. The van der Waals surface area contributed by atoms with Gasteiger partial charge in [0.25, 0.3) is 0 Å². The van der Waals surface area contributed by atoms with Gasteiger partial charge in [0.15, 0.2) is 5.96 Å². The van der Waals surface area contributed by atoms with Crippen molar-refractivity contribution in [2.45, 2.75) is 32.7 Å². The number of guanidine groups is 1. The number of nitrogens with zero attached hydrogens (tertiary/aromatic N) is 3. The number of rotatable bonds is 6. The largest absolute Gasteiger partial charge is 0.370 e. The van der Waals surface area contributed by atoms with E-state index in [2.05, 4.69) is 41.4 Å². The SMILES string of the molecule is CCC(C)c1ccc(NC(N)=NCc2cnn(-c3ccccc3)c2)cc1. The van der Waals surface area contributed by atoms with Crippen molar-refractivity contribution in [2.75, 3.05) is 5.32 Å². The summed E-state index contributed by atoms with van der Waals surface area (Å²) in [6.45, 7) is 4.91. The molecule has 3 N–H and O–H groups in total. The third-order valence-corrected chi connectivity index (χ3v) is 4.45. The lowest BCUT2D eigenvalue weighted by atomic mass is 9.99. The molecule has 3 rings (SSSR count). The van der Waals surface area contributed by atoms with E-state index in [1.54, 1.807) is 0 Å². The van der Waals surface area contributed by atoms with Crippen molar-refractivity contribution in [3.63, 3.8) is 0 Å². The minimum absolute atomic E-state index is 0.397. The van der Waals surface area contributed by atoms with Gasteiger partial charge in [0.05, 0.1) is 18.4 Å². The molecule has 1 atom stereocenters. The zero-order valence-corrected chi connectivity index (χ0v) is 15.3. The molecular weight excluding hydrogens is 322 g/mol. The summed E-state index contributed by atoms with van der Waals surface area (Å²) in [6.07, 6.45) is 4.91. The van der Waals surface area contributed by atoms with Crippen molar-refractivity contribution in [1.82, 2.24) is 9.78 Å². The predicted molar refractivity (Wildman–Crippen MR) is 108 cm³/mol. The van der Waals surface area contributed by atoms with Crippen LogP contribution >= 0.6 is 0 Å². The Bertz CT molecular complexity index is 850. The van der Waals surface area contributed by atoms with E-state index in [0.29, 0.717) is 18.4 Å². The summed E-state index contributed by atoms with van der Waals surface area (Å²) < 4.78 is 1.84. The molecule has 5 nitrogen and oxygen atoms in total. The van der Waals surface area contributed by atoms with Crippen LogP contribution in [0.4, 0.5) is 5.69 Å². The molecular formula is C21H25N5. The fourth-order valence-corrected chi connectivity index (χ4v) is 2.66. The van der Waals surface area contributed by atoms with Gasteiger partial charge in [-0.1, -0.05) is 44.2 Å². The maximum atomic E-state index is 6.01. The summed E-state index contributed by atoms with van der Waals surface area (Å²) >= 11 is 0. The quantitative estimate of drug-likeness (QED) is 0.516. The molecule has 0 aliphatic carbocycles. The van der Waals surface area contributed by atoms with Crippen LogP contribution < -0.4 is 11.1 Å². The minimum Gasteiger partial charge on any atom is -0.370 e. The van der Waals surface area contributed by atoms with Gasteiger partial charge in [0.1, 0.15) is 0 Å². The van der Waals surface area contributed by atoms with E-state index in [1.165, 1.54) is 5.56 Å². The van der Waals surface area contributed by atoms with Crippen LogP contribution in [0.2, 0.25) is 0 Å². The number of para-hydroxylation sites is 1. The summed E-state index contributed by atoms with van der Waals surface area (Å²) in [5, 5.41) is 7.50. The van der Waals surface area contributed by atoms with Gasteiger partial charge in [-0.3, -0.25) is 0 Å². The van der Waals surface area contributed by atoms with Crippen molar-refractivity contribution in [3.05, 3.63) is 78.1 Å². The maximum Gasteiger partial charge on any atom is 0.193 e. The van der Waals surface area contributed by atoms with E-state index >= 15 is 0 Å². The first-order chi connectivity index (χ1) is 12.7. The molecule has 0 saturated carbocycles. The Morgan fingerprint density at radius 1 is 1.15 bits per heavy atom. The normalized spacial score (nSPS) is 12.8. The molecule has 134 valence electrons. The third-order valence-electron chi connectivity index (χ3n) is 4.45. The van der Waals surface area contributed by atoms with Crippen molar-refractivity contribution < 1.29 is 0 Å². The molecule has 0 saturated heterocycles. The van der Waals surface area contributed by atoms with Gasteiger partial charge >= 0.3 is 0 Å². The Labute approximate surface area is 154 Å². The lowest BCUT2D eigenvalue weighted by Gasteiger charge is -2.10. The molecule has 0 spiro atoms. The summed E-state index contributed by atoms with van der Waals surface area (Å²) in [7, 11) is 0. The second-order valence-corrected chi connectivity index (χ2v) is 6.39. The summed E-state index contributed by atoms with van der Waals surface area (Å²) in [5.74, 6) is 0.963. The van der Waals surface area contributed by atoms with E-state index < -0.39 is 0 Å². The van der Waals surface area contributed by atoms with E-state index in [9.17, 15) is 0 Å². The topological polar surface area (TPSA) is 68.2 Å². The van der Waals surface area contributed by atoms with Crippen LogP contribution in [0.3, 0.4) is 0 Å². The monoisotopic (exact) mass is 347 g/mol. The van der Waals surface area contributed by atoms with Gasteiger partial charge in [0.2, 0.25) is 0 Å². The molecule has 0 fully saturated rings. The second-order valence-electron chi connectivity index (χ2n) is 6.39. The van der Waals surface area contributed by atoms with Crippen molar-refractivity contribution in [3.8, 4) is 5.69 Å². The van der Waals surface area contributed by atoms with Gasteiger partial charge in [-0.15, -0.1) is 0 Å². The van der Waals surface area contributed by atoms with Crippen molar-refractivity contribution >= 4 is 11.6 Å². The number of anilines is 1. The highest BCUT2D eigenvalue weighted by atomic mass is 15.3. The second kappa shape index (κ2) is 8.34. The fraction of sp³-hybridized carbons (Fsp3) is 0.238. The molecule has 0 aliphatic heterocycles. The molecule has 1 heterocycles. The first-order valence-electron chi connectivity index (χ1n) is 8.91. The van der Waals surface area contributed by atoms with E-state index in [4.69, 9.17) is 5.73 Å². The lowest BCUT2D eigenvalue weighted by molar-refractivity contribution is 0.734. The van der Waals surface area contributed by atoms with Gasteiger partial charge in [0, 0.05) is 17.4 Å². The zero-order valence-electron chi connectivity index (χ0n) is 15.3. The first kappa shape index (κ1) is 17.7. The number of nitrogens with one attached hydrogen (secondary N) is 1. The summed E-state index contributed by atoms with van der Waals surface area (Å²) in [4.78, 5) is 4.40. The molecule has 0 aliphatic rings. The number of aliphatic imine (C=N–C) groups is 1. The van der Waals surface area contributed by atoms with Crippen LogP contribution in [-0.4, -0.2) is 15.7 Å². The highest BCUT2D eigenvalue weighted by Gasteiger charge is 2.03. The Hall–Kier alpha value is -3.08. The first-order valence-corrected chi connectivity index (χ1v) is 8.91. The van der Waals surface area contributed by atoms with Crippen LogP contribution in [-0.2, 0) is 6.54 Å². The highest BCUT2D eigenvalue weighted by molar-refractivity contribution is 5.92. The smallest absolute Gasteiger partial charge is 0.193 e. The van der Waals surface area contributed by atoms with Gasteiger partial charge < -0.3 is 11.1 Å². The molecule has 0 radical (unpaired) electrons. The fourth-order valence-electron chi connectivity index (χ4n) is 2.66.